The maximum Gasteiger partial charge on any atom is 0.109 e. The van der Waals surface area contributed by atoms with Gasteiger partial charge in [0.2, 0.25) is 0 Å². The summed E-state index contributed by atoms with van der Waals surface area (Å²) in [5, 5.41) is 9.59. The molecule has 1 rings (SSSR count). The highest BCUT2D eigenvalue weighted by molar-refractivity contribution is 8.00. The molecule has 0 unspecified atom stereocenters. The molecule has 0 aliphatic carbocycles. The van der Waals surface area contributed by atoms with Gasteiger partial charge in [-0.05, 0) is 51.0 Å². The summed E-state index contributed by atoms with van der Waals surface area (Å²) >= 11 is 1.48. The summed E-state index contributed by atoms with van der Waals surface area (Å²) in [5.74, 6) is 0. The molecule has 2 heteroatoms. The van der Waals surface area contributed by atoms with E-state index in [-0.39, 0.29) is 0 Å². The summed E-state index contributed by atoms with van der Waals surface area (Å²) in [7, 11) is 0. The monoisotopic (exact) mass is 196 g/mol. The minimum absolute atomic E-state index is 0.693. The fraction of sp³-hybridized carbons (Fsp3) is 0.455. The van der Waals surface area contributed by atoms with Crippen molar-refractivity contribution in [2.24, 2.45) is 0 Å². The van der Waals surface area contributed by atoms with Crippen molar-refractivity contribution in [1.29, 1.82) is 0 Å². The third-order valence-electron chi connectivity index (χ3n) is 1.85. The first-order valence-electron chi connectivity index (χ1n) is 4.37. The molecule has 1 N–H and O–H groups in total. The van der Waals surface area contributed by atoms with E-state index in [0.717, 1.165) is 4.90 Å². The van der Waals surface area contributed by atoms with Gasteiger partial charge < -0.3 is 5.11 Å². The summed E-state index contributed by atoms with van der Waals surface area (Å²) in [5.41, 5.74) is 2.56. The molecule has 0 bridgehead atoms. The van der Waals surface area contributed by atoms with Gasteiger partial charge in [0, 0.05) is 4.90 Å². The normalized spacial score (nSPS) is 11.8. The molecule has 13 heavy (non-hydrogen) atoms. The Morgan fingerprint density at radius 3 is 2.23 bits per heavy atom. The van der Waals surface area contributed by atoms with Crippen LogP contribution in [0.2, 0.25) is 0 Å². The predicted octanol–water partition coefficient (Wildman–Crippen LogP) is 3.12. The fourth-order valence-corrected chi connectivity index (χ4v) is 2.01. The standard InChI is InChI=1S/C11H16OS/c1-8-5-6-10(7-9(8)2)13-11(3,4)12/h5-7,12H,1-4H3. The van der Waals surface area contributed by atoms with Crippen molar-refractivity contribution in [3.8, 4) is 0 Å². The number of aliphatic hydroxyl groups is 1. The van der Waals surface area contributed by atoms with Crippen LogP contribution in [0, 0.1) is 13.8 Å². The second kappa shape index (κ2) is 3.72. The average molecular weight is 196 g/mol. The van der Waals surface area contributed by atoms with Crippen molar-refractivity contribution >= 4 is 11.8 Å². The molecule has 0 spiro atoms. The molecule has 0 saturated heterocycles. The number of hydrogen-bond donors (Lipinski definition) is 1. The Morgan fingerprint density at radius 2 is 1.77 bits per heavy atom. The Bertz CT molecular complexity index is 299. The summed E-state index contributed by atoms with van der Waals surface area (Å²) in [6.45, 7) is 7.78. The summed E-state index contributed by atoms with van der Waals surface area (Å²) in [6.07, 6.45) is 0. The highest BCUT2D eigenvalue weighted by Gasteiger charge is 2.14. The molecular weight excluding hydrogens is 180 g/mol. The zero-order chi connectivity index (χ0) is 10.1. The number of thioether (sulfide) groups is 1. The summed E-state index contributed by atoms with van der Waals surface area (Å²) < 4.78 is 0. The van der Waals surface area contributed by atoms with Gasteiger partial charge in [-0.3, -0.25) is 0 Å². The SMILES string of the molecule is Cc1ccc(SC(C)(C)O)cc1C. The Labute approximate surface area is 84.2 Å². The minimum atomic E-state index is -0.693. The van der Waals surface area contributed by atoms with Crippen molar-refractivity contribution in [2.45, 2.75) is 37.5 Å². The molecule has 0 saturated carbocycles. The lowest BCUT2D eigenvalue weighted by atomic mass is 10.1. The van der Waals surface area contributed by atoms with Gasteiger partial charge in [0.1, 0.15) is 4.93 Å². The second-order valence-corrected chi connectivity index (χ2v) is 5.47. The molecule has 72 valence electrons. The zero-order valence-electron chi connectivity index (χ0n) is 8.59. The third-order valence-corrected chi connectivity index (χ3v) is 2.84. The molecule has 0 aliphatic heterocycles. The van der Waals surface area contributed by atoms with Crippen molar-refractivity contribution in [2.75, 3.05) is 0 Å². The highest BCUT2D eigenvalue weighted by atomic mass is 32.2. The first-order chi connectivity index (χ1) is 5.88. The van der Waals surface area contributed by atoms with Crippen LogP contribution in [0.25, 0.3) is 0 Å². The van der Waals surface area contributed by atoms with Crippen molar-refractivity contribution in [1.82, 2.24) is 0 Å². The lowest BCUT2D eigenvalue weighted by Gasteiger charge is -2.16. The number of hydrogen-bond acceptors (Lipinski definition) is 2. The van der Waals surface area contributed by atoms with E-state index in [2.05, 4.69) is 26.0 Å². The first kappa shape index (κ1) is 10.6. The van der Waals surface area contributed by atoms with E-state index in [1.54, 1.807) is 13.8 Å². The van der Waals surface area contributed by atoms with Gasteiger partial charge in [-0.2, -0.15) is 0 Å². The molecule has 1 aromatic carbocycles. The fourth-order valence-electron chi connectivity index (χ4n) is 1.07. The second-order valence-electron chi connectivity index (χ2n) is 3.79. The van der Waals surface area contributed by atoms with Crippen LogP contribution in [0.4, 0.5) is 0 Å². The third kappa shape index (κ3) is 3.41. The Hall–Kier alpha value is -0.470. The van der Waals surface area contributed by atoms with Crippen LogP contribution < -0.4 is 0 Å². The van der Waals surface area contributed by atoms with E-state index in [9.17, 15) is 5.11 Å². The van der Waals surface area contributed by atoms with Crippen LogP contribution in [0.3, 0.4) is 0 Å². The molecule has 0 radical (unpaired) electrons. The smallest absolute Gasteiger partial charge is 0.109 e. The number of benzene rings is 1. The first-order valence-corrected chi connectivity index (χ1v) is 5.19. The van der Waals surface area contributed by atoms with Crippen LogP contribution in [-0.2, 0) is 0 Å². The van der Waals surface area contributed by atoms with Gasteiger partial charge in [0.05, 0.1) is 0 Å². The van der Waals surface area contributed by atoms with Gasteiger partial charge in [0.15, 0.2) is 0 Å². The van der Waals surface area contributed by atoms with Crippen molar-refractivity contribution in [3.05, 3.63) is 29.3 Å². The largest absolute Gasteiger partial charge is 0.380 e. The van der Waals surface area contributed by atoms with Crippen LogP contribution in [0.5, 0.6) is 0 Å². The van der Waals surface area contributed by atoms with Gasteiger partial charge in [-0.25, -0.2) is 0 Å². The number of rotatable bonds is 2. The predicted molar refractivity (Wildman–Crippen MR) is 58.1 cm³/mol. The lowest BCUT2D eigenvalue weighted by molar-refractivity contribution is 0.179. The van der Waals surface area contributed by atoms with E-state index < -0.39 is 4.93 Å². The molecule has 0 heterocycles. The molecule has 0 aromatic heterocycles. The van der Waals surface area contributed by atoms with Gasteiger partial charge >= 0.3 is 0 Å². The van der Waals surface area contributed by atoms with Gasteiger partial charge in [-0.15, -0.1) is 0 Å². The van der Waals surface area contributed by atoms with E-state index in [4.69, 9.17) is 0 Å². The molecular formula is C11H16OS. The van der Waals surface area contributed by atoms with Crippen molar-refractivity contribution < 1.29 is 5.11 Å². The zero-order valence-corrected chi connectivity index (χ0v) is 9.40. The molecule has 1 nitrogen and oxygen atoms in total. The Morgan fingerprint density at radius 1 is 1.15 bits per heavy atom. The molecule has 1 aromatic rings. The minimum Gasteiger partial charge on any atom is -0.380 e. The topological polar surface area (TPSA) is 20.2 Å². The maximum atomic E-state index is 9.59. The van der Waals surface area contributed by atoms with Crippen LogP contribution >= 0.6 is 11.8 Å². The van der Waals surface area contributed by atoms with Crippen LogP contribution in [0.15, 0.2) is 23.1 Å². The van der Waals surface area contributed by atoms with E-state index in [1.807, 2.05) is 6.07 Å². The number of aryl methyl sites for hydroxylation is 2. The van der Waals surface area contributed by atoms with Gasteiger partial charge in [-0.1, -0.05) is 17.8 Å². The molecule has 0 amide bonds. The molecule has 0 atom stereocenters. The van der Waals surface area contributed by atoms with E-state index >= 15 is 0 Å². The Kier molecular flexibility index (Phi) is 3.04. The summed E-state index contributed by atoms with van der Waals surface area (Å²) in [4.78, 5) is 0.428. The van der Waals surface area contributed by atoms with E-state index in [0.29, 0.717) is 0 Å². The van der Waals surface area contributed by atoms with E-state index in [1.165, 1.54) is 22.9 Å². The lowest BCUT2D eigenvalue weighted by Crippen LogP contribution is -2.11. The highest BCUT2D eigenvalue weighted by Crippen LogP contribution is 2.30. The molecule has 0 fully saturated rings. The quantitative estimate of drug-likeness (QED) is 0.579. The van der Waals surface area contributed by atoms with Crippen LogP contribution in [-0.4, -0.2) is 10.0 Å². The van der Waals surface area contributed by atoms with Gasteiger partial charge in [0.25, 0.3) is 0 Å². The summed E-state index contributed by atoms with van der Waals surface area (Å²) in [6, 6.07) is 6.24. The van der Waals surface area contributed by atoms with Crippen LogP contribution in [0.1, 0.15) is 25.0 Å². The molecule has 0 aliphatic rings. The Balaban J connectivity index is 2.86. The van der Waals surface area contributed by atoms with Crippen molar-refractivity contribution in [3.63, 3.8) is 0 Å². The maximum absolute atomic E-state index is 9.59. The average Bonchev–Trinajstić information content (AvgIpc) is 1.94.